The molecular formula is C23H27Cl4N3O4S. The highest BCUT2D eigenvalue weighted by Gasteiger charge is 2.31. The van der Waals surface area contributed by atoms with E-state index in [1.165, 1.54) is 17.0 Å². The summed E-state index contributed by atoms with van der Waals surface area (Å²) >= 11 is 24.4. The number of amides is 2. The van der Waals surface area contributed by atoms with E-state index in [1.54, 1.807) is 31.2 Å². The Labute approximate surface area is 226 Å². The molecule has 0 aliphatic heterocycles. The van der Waals surface area contributed by atoms with Crippen LogP contribution in [-0.2, 0) is 26.2 Å². The second-order valence-corrected chi connectivity index (χ2v) is 11.7. The highest BCUT2D eigenvalue weighted by Crippen LogP contribution is 2.35. The SMILES string of the molecule is CC[C@@H](C)NC(=O)[C@H](C)N(Cc1cccc(Cl)c1)C(=O)CN(c1cc(Cl)c(Cl)cc1Cl)S(C)(=O)=O. The van der Waals surface area contributed by atoms with Crippen molar-refractivity contribution in [2.75, 3.05) is 17.1 Å². The lowest BCUT2D eigenvalue weighted by molar-refractivity contribution is -0.139. The fourth-order valence-corrected chi connectivity index (χ4v) is 4.94. The number of carbonyl (C=O) groups is 2. The quantitative estimate of drug-likeness (QED) is 0.380. The number of halogens is 4. The monoisotopic (exact) mass is 581 g/mol. The zero-order valence-electron chi connectivity index (χ0n) is 19.7. The third kappa shape index (κ3) is 8.15. The van der Waals surface area contributed by atoms with Crippen LogP contribution >= 0.6 is 46.4 Å². The van der Waals surface area contributed by atoms with Gasteiger partial charge in [-0.05, 0) is 50.1 Å². The average Bonchev–Trinajstić information content (AvgIpc) is 2.77. The Hall–Kier alpha value is -1.71. The highest BCUT2D eigenvalue weighted by molar-refractivity contribution is 7.92. The molecule has 0 heterocycles. The summed E-state index contributed by atoms with van der Waals surface area (Å²) in [5.41, 5.74) is 0.670. The third-order valence-corrected chi connectivity index (χ3v) is 7.73. The molecule has 2 atom stereocenters. The molecule has 0 aliphatic rings. The number of carbonyl (C=O) groups excluding carboxylic acids is 2. The van der Waals surface area contributed by atoms with Gasteiger partial charge in [0.15, 0.2) is 0 Å². The molecule has 0 fully saturated rings. The van der Waals surface area contributed by atoms with Crippen molar-refractivity contribution in [1.29, 1.82) is 0 Å². The highest BCUT2D eigenvalue weighted by atomic mass is 35.5. The standard InChI is InChI=1S/C23H27Cl4N3O4S/c1-5-14(2)28-23(32)15(3)29(12-16-7-6-8-17(24)9-16)22(31)13-30(35(4,33)34)21-11-19(26)18(25)10-20(21)27/h6-11,14-15H,5,12-13H2,1-4H3,(H,28,32)/t14-,15+/m1/s1. The van der Waals surface area contributed by atoms with Crippen molar-refractivity contribution in [2.24, 2.45) is 0 Å². The molecule has 0 unspecified atom stereocenters. The Morgan fingerprint density at radius 2 is 1.63 bits per heavy atom. The van der Waals surface area contributed by atoms with Gasteiger partial charge in [0.05, 0.1) is 27.0 Å². The lowest BCUT2D eigenvalue weighted by Gasteiger charge is -2.32. The van der Waals surface area contributed by atoms with Crippen molar-refractivity contribution < 1.29 is 18.0 Å². The molecule has 0 saturated carbocycles. The minimum absolute atomic E-state index is 0.00146. The first-order valence-electron chi connectivity index (χ1n) is 10.7. The van der Waals surface area contributed by atoms with Gasteiger partial charge >= 0.3 is 0 Å². The maximum atomic E-state index is 13.5. The Morgan fingerprint density at radius 3 is 2.20 bits per heavy atom. The molecular weight excluding hydrogens is 556 g/mol. The number of sulfonamides is 1. The van der Waals surface area contributed by atoms with Crippen molar-refractivity contribution in [3.8, 4) is 0 Å². The van der Waals surface area contributed by atoms with Gasteiger partial charge in [0.2, 0.25) is 21.8 Å². The first-order chi connectivity index (χ1) is 16.2. The average molecular weight is 583 g/mol. The van der Waals surface area contributed by atoms with E-state index >= 15 is 0 Å². The van der Waals surface area contributed by atoms with Crippen LogP contribution in [0.2, 0.25) is 20.1 Å². The summed E-state index contributed by atoms with van der Waals surface area (Å²) in [6, 6.07) is 8.42. The van der Waals surface area contributed by atoms with Crippen LogP contribution in [0.15, 0.2) is 36.4 Å². The third-order valence-electron chi connectivity index (χ3n) is 5.35. The molecule has 192 valence electrons. The summed E-state index contributed by atoms with van der Waals surface area (Å²) in [7, 11) is -3.97. The molecule has 2 aromatic carbocycles. The van der Waals surface area contributed by atoms with Crippen LogP contribution in [0.5, 0.6) is 0 Å². The van der Waals surface area contributed by atoms with Crippen LogP contribution in [-0.4, -0.2) is 50.0 Å². The zero-order valence-corrected chi connectivity index (χ0v) is 23.5. The van der Waals surface area contributed by atoms with E-state index in [0.29, 0.717) is 17.0 Å². The van der Waals surface area contributed by atoms with E-state index in [4.69, 9.17) is 46.4 Å². The van der Waals surface area contributed by atoms with Crippen molar-refractivity contribution in [3.63, 3.8) is 0 Å². The van der Waals surface area contributed by atoms with Crippen molar-refractivity contribution in [1.82, 2.24) is 10.2 Å². The molecule has 0 radical (unpaired) electrons. The summed E-state index contributed by atoms with van der Waals surface area (Å²) in [5.74, 6) is -0.988. The Kier molecular flexibility index (Phi) is 10.5. The summed E-state index contributed by atoms with van der Waals surface area (Å²) in [6.45, 7) is 4.78. The topological polar surface area (TPSA) is 86.8 Å². The second-order valence-electron chi connectivity index (χ2n) is 8.13. The number of anilines is 1. The van der Waals surface area contributed by atoms with Crippen molar-refractivity contribution >= 4 is 73.9 Å². The number of nitrogens with zero attached hydrogens (tertiary/aromatic N) is 2. The van der Waals surface area contributed by atoms with E-state index in [-0.39, 0.29) is 39.2 Å². The lowest BCUT2D eigenvalue weighted by atomic mass is 10.1. The van der Waals surface area contributed by atoms with E-state index < -0.39 is 28.5 Å². The van der Waals surface area contributed by atoms with Crippen LogP contribution in [0.25, 0.3) is 0 Å². The summed E-state index contributed by atoms with van der Waals surface area (Å²) < 4.78 is 26.1. The fraction of sp³-hybridized carbons (Fsp3) is 0.391. The van der Waals surface area contributed by atoms with Gasteiger partial charge in [-0.25, -0.2) is 8.42 Å². The molecule has 0 saturated heterocycles. The molecule has 2 rings (SSSR count). The largest absolute Gasteiger partial charge is 0.352 e. The minimum atomic E-state index is -3.97. The fourth-order valence-electron chi connectivity index (χ4n) is 3.18. The van der Waals surface area contributed by atoms with Crippen LogP contribution < -0.4 is 9.62 Å². The number of rotatable bonds is 10. The van der Waals surface area contributed by atoms with Crippen LogP contribution in [0.1, 0.15) is 32.8 Å². The Bertz CT molecular complexity index is 1190. The normalized spacial score (nSPS) is 13.1. The number of nitrogens with one attached hydrogen (secondary N) is 1. The van der Waals surface area contributed by atoms with Gasteiger partial charge in [-0.3, -0.25) is 13.9 Å². The van der Waals surface area contributed by atoms with Gasteiger partial charge in [0.25, 0.3) is 0 Å². The molecule has 0 aliphatic carbocycles. The van der Waals surface area contributed by atoms with E-state index in [9.17, 15) is 18.0 Å². The molecule has 12 heteroatoms. The molecule has 2 aromatic rings. The molecule has 0 spiro atoms. The van der Waals surface area contributed by atoms with E-state index in [2.05, 4.69) is 5.32 Å². The molecule has 1 N–H and O–H groups in total. The first kappa shape index (κ1) is 29.5. The van der Waals surface area contributed by atoms with Crippen LogP contribution in [0, 0.1) is 0 Å². The van der Waals surface area contributed by atoms with Gasteiger partial charge in [-0.15, -0.1) is 0 Å². The van der Waals surface area contributed by atoms with Gasteiger partial charge in [0, 0.05) is 17.6 Å². The summed E-state index contributed by atoms with van der Waals surface area (Å²) in [6.07, 6.45) is 1.65. The Balaban J connectivity index is 2.46. The smallest absolute Gasteiger partial charge is 0.244 e. The lowest BCUT2D eigenvalue weighted by Crippen LogP contribution is -2.52. The van der Waals surface area contributed by atoms with Gasteiger partial charge in [-0.1, -0.05) is 65.5 Å². The number of hydrogen-bond donors (Lipinski definition) is 1. The van der Waals surface area contributed by atoms with Crippen molar-refractivity contribution in [2.45, 2.75) is 45.8 Å². The maximum Gasteiger partial charge on any atom is 0.244 e. The van der Waals surface area contributed by atoms with E-state index in [1.807, 2.05) is 13.8 Å². The number of benzene rings is 2. The first-order valence-corrected chi connectivity index (χ1v) is 14.1. The maximum absolute atomic E-state index is 13.5. The molecule has 0 bridgehead atoms. The number of hydrogen-bond acceptors (Lipinski definition) is 4. The molecule has 7 nitrogen and oxygen atoms in total. The van der Waals surface area contributed by atoms with Crippen molar-refractivity contribution in [3.05, 3.63) is 62.1 Å². The van der Waals surface area contributed by atoms with Crippen LogP contribution in [0.4, 0.5) is 5.69 Å². The molecule has 0 aromatic heterocycles. The Morgan fingerprint density at radius 1 is 1.00 bits per heavy atom. The predicted octanol–water partition coefficient (Wildman–Crippen LogP) is 5.40. The van der Waals surface area contributed by atoms with Crippen LogP contribution in [0.3, 0.4) is 0 Å². The predicted molar refractivity (Wildman–Crippen MR) is 143 cm³/mol. The summed E-state index contributed by atoms with van der Waals surface area (Å²) in [4.78, 5) is 27.7. The molecule has 35 heavy (non-hydrogen) atoms. The minimum Gasteiger partial charge on any atom is -0.352 e. The van der Waals surface area contributed by atoms with Gasteiger partial charge < -0.3 is 10.2 Å². The molecule has 2 amide bonds. The van der Waals surface area contributed by atoms with Gasteiger partial charge in [-0.2, -0.15) is 0 Å². The van der Waals surface area contributed by atoms with Gasteiger partial charge in [0.1, 0.15) is 12.6 Å². The zero-order chi connectivity index (χ0) is 26.5. The van der Waals surface area contributed by atoms with E-state index in [0.717, 1.165) is 10.6 Å². The second kappa shape index (κ2) is 12.5. The summed E-state index contributed by atoms with van der Waals surface area (Å²) in [5, 5.41) is 3.53.